The van der Waals surface area contributed by atoms with Gasteiger partial charge in [0, 0.05) is 57.3 Å². The Balaban J connectivity index is 1.32. The van der Waals surface area contributed by atoms with E-state index < -0.39 is 0 Å². The third kappa shape index (κ3) is 4.38. The Bertz CT molecular complexity index is 1370. The van der Waals surface area contributed by atoms with Crippen LogP contribution in [-0.4, -0.2) is 86.7 Å². The molecule has 3 aliphatic rings. The average molecular weight is 505 g/mol. The van der Waals surface area contributed by atoms with Gasteiger partial charge in [0.15, 0.2) is 5.58 Å². The smallest absolute Gasteiger partial charge is 0.300 e. The summed E-state index contributed by atoms with van der Waals surface area (Å²) in [6, 6.07) is 7.47. The monoisotopic (exact) mass is 504 g/mol. The van der Waals surface area contributed by atoms with Crippen molar-refractivity contribution in [3.05, 3.63) is 41.7 Å². The molecule has 192 valence electrons. The first-order valence-electron chi connectivity index (χ1n) is 12.2. The van der Waals surface area contributed by atoms with Gasteiger partial charge < -0.3 is 39.7 Å². The topological polar surface area (TPSA) is 142 Å². The van der Waals surface area contributed by atoms with Crippen LogP contribution in [0, 0.1) is 10.8 Å². The first kappa shape index (κ1) is 23.4. The lowest BCUT2D eigenvalue weighted by molar-refractivity contribution is -0.127. The van der Waals surface area contributed by atoms with Gasteiger partial charge in [-0.2, -0.15) is 4.98 Å². The van der Waals surface area contributed by atoms with Crippen LogP contribution in [0.2, 0.25) is 0 Å². The van der Waals surface area contributed by atoms with Crippen LogP contribution in [0.25, 0.3) is 16.8 Å². The highest BCUT2D eigenvalue weighted by Crippen LogP contribution is 2.41. The maximum atomic E-state index is 13.5. The summed E-state index contributed by atoms with van der Waals surface area (Å²) in [6.45, 7) is 5.58. The number of oxazole rings is 1. The zero-order valence-electron chi connectivity index (χ0n) is 20.5. The van der Waals surface area contributed by atoms with Gasteiger partial charge in [0.2, 0.25) is 5.65 Å². The molecule has 0 aromatic carbocycles. The van der Waals surface area contributed by atoms with Crippen molar-refractivity contribution >= 4 is 46.6 Å². The fourth-order valence-corrected chi connectivity index (χ4v) is 4.82. The first-order valence-corrected chi connectivity index (χ1v) is 12.2. The molecule has 0 saturated carbocycles. The molecule has 3 N–H and O–H groups in total. The van der Waals surface area contributed by atoms with Gasteiger partial charge in [0.1, 0.15) is 11.6 Å². The number of amides is 1. The summed E-state index contributed by atoms with van der Waals surface area (Å²) in [7, 11) is 1.75. The van der Waals surface area contributed by atoms with Gasteiger partial charge in [0.25, 0.3) is 11.9 Å². The number of morpholine rings is 1. The molecule has 3 fully saturated rings. The average Bonchev–Trinajstić information content (AvgIpc) is 3.29. The minimum absolute atomic E-state index is 0.145. The van der Waals surface area contributed by atoms with Crippen LogP contribution in [0.5, 0.6) is 0 Å². The van der Waals surface area contributed by atoms with Crippen molar-refractivity contribution in [2.24, 2.45) is 5.41 Å². The molecule has 37 heavy (non-hydrogen) atoms. The van der Waals surface area contributed by atoms with Crippen molar-refractivity contribution in [1.29, 1.82) is 5.41 Å². The highest BCUT2D eigenvalue weighted by Gasteiger charge is 2.50. The second-order valence-corrected chi connectivity index (χ2v) is 9.52. The number of nitrogens with zero attached hydrogens (tertiary/aromatic N) is 5. The third-order valence-corrected chi connectivity index (χ3v) is 6.79. The number of pyridine rings is 2. The fourth-order valence-electron chi connectivity index (χ4n) is 4.82. The van der Waals surface area contributed by atoms with Crippen molar-refractivity contribution in [3.63, 3.8) is 0 Å². The van der Waals surface area contributed by atoms with E-state index in [0.717, 1.165) is 26.3 Å². The van der Waals surface area contributed by atoms with E-state index in [2.05, 4.69) is 25.5 Å². The lowest BCUT2D eigenvalue weighted by Gasteiger charge is -2.55. The van der Waals surface area contributed by atoms with E-state index >= 15 is 0 Å². The number of anilines is 3. The van der Waals surface area contributed by atoms with E-state index in [1.165, 1.54) is 6.21 Å². The predicted molar refractivity (Wildman–Crippen MR) is 138 cm³/mol. The Morgan fingerprint density at radius 3 is 2.62 bits per heavy atom. The molecule has 0 unspecified atom stereocenters. The number of nitrogens with one attached hydrogen (secondary N) is 3. The Hall–Kier alpha value is -4.03. The Labute approximate surface area is 213 Å². The Kier molecular flexibility index (Phi) is 5.97. The van der Waals surface area contributed by atoms with Crippen molar-refractivity contribution in [2.75, 3.05) is 74.8 Å². The van der Waals surface area contributed by atoms with Crippen LogP contribution < -0.4 is 20.4 Å². The largest absolute Gasteiger partial charge is 0.422 e. The zero-order valence-corrected chi connectivity index (χ0v) is 20.5. The van der Waals surface area contributed by atoms with Gasteiger partial charge in [-0.3, -0.25) is 4.79 Å². The molecule has 0 radical (unpaired) electrons. The molecule has 12 heteroatoms. The number of ether oxygens (including phenoxy) is 2. The number of allylic oxidation sites excluding steroid dienone is 1. The van der Waals surface area contributed by atoms with Crippen LogP contribution in [0.1, 0.15) is 16.1 Å². The van der Waals surface area contributed by atoms with Crippen LogP contribution >= 0.6 is 0 Å². The lowest BCUT2D eigenvalue weighted by Crippen LogP contribution is -2.66. The van der Waals surface area contributed by atoms with Gasteiger partial charge in [0.05, 0.1) is 43.1 Å². The first-order chi connectivity index (χ1) is 18.1. The van der Waals surface area contributed by atoms with Crippen molar-refractivity contribution < 1.29 is 18.7 Å². The summed E-state index contributed by atoms with van der Waals surface area (Å²) in [5.41, 5.74) is 2.60. The number of hydrogen-bond donors (Lipinski definition) is 3. The quantitative estimate of drug-likeness (QED) is 0.407. The van der Waals surface area contributed by atoms with Crippen molar-refractivity contribution in [2.45, 2.75) is 0 Å². The van der Waals surface area contributed by atoms with E-state index in [9.17, 15) is 4.79 Å². The molecule has 3 saturated heterocycles. The number of fused-ring (bicyclic) bond motifs is 1. The molecular weight excluding hydrogens is 476 g/mol. The van der Waals surface area contributed by atoms with E-state index in [1.54, 1.807) is 37.5 Å². The van der Waals surface area contributed by atoms with Crippen LogP contribution in [0.15, 0.2) is 34.9 Å². The molecule has 0 aliphatic carbocycles. The van der Waals surface area contributed by atoms with Crippen LogP contribution in [-0.2, 0) is 9.47 Å². The predicted octanol–water partition coefficient (Wildman–Crippen LogP) is 1.75. The minimum Gasteiger partial charge on any atom is -0.422 e. The summed E-state index contributed by atoms with van der Waals surface area (Å²) >= 11 is 0. The summed E-state index contributed by atoms with van der Waals surface area (Å²) in [5, 5.41) is 13.4. The number of carbonyl (C=O) groups is 1. The molecule has 3 aliphatic heterocycles. The molecule has 12 nitrogen and oxygen atoms in total. The molecule has 6 heterocycles. The van der Waals surface area contributed by atoms with E-state index in [-0.39, 0.29) is 11.3 Å². The summed E-state index contributed by atoms with van der Waals surface area (Å²) in [6.07, 6.45) is 2.89. The van der Waals surface area contributed by atoms with E-state index in [4.69, 9.17) is 24.3 Å². The third-order valence-electron chi connectivity index (χ3n) is 6.79. The summed E-state index contributed by atoms with van der Waals surface area (Å²) in [4.78, 5) is 31.6. The van der Waals surface area contributed by atoms with E-state index in [1.807, 2.05) is 4.90 Å². The number of carbonyl (C=O) groups excluding carboxylic acids is 1. The lowest BCUT2D eigenvalue weighted by atomic mass is 9.78. The van der Waals surface area contributed by atoms with Crippen molar-refractivity contribution in [1.82, 2.24) is 20.3 Å². The normalized spacial score (nSPS) is 18.9. The zero-order chi connectivity index (χ0) is 25.4. The van der Waals surface area contributed by atoms with Crippen molar-refractivity contribution in [3.8, 4) is 0 Å². The highest BCUT2D eigenvalue weighted by atomic mass is 16.5. The molecule has 1 amide bonds. The number of aromatic nitrogens is 3. The molecule has 3 aromatic rings. The summed E-state index contributed by atoms with van der Waals surface area (Å²) < 4.78 is 16.9. The Morgan fingerprint density at radius 1 is 1.11 bits per heavy atom. The second-order valence-electron chi connectivity index (χ2n) is 9.52. The van der Waals surface area contributed by atoms with E-state index in [0.29, 0.717) is 72.0 Å². The van der Waals surface area contributed by atoms with Gasteiger partial charge in [-0.25, -0.2) is 9.97 Å². The van der Waals surface area contributed by atoms with Gasteiger partial charge in [-0.15, -0.1) is 0 Å². The second kappa shape index (κ2) is 9.45. The SMILES string of the molecule is CN/C=C(\C=N)c1cccc(NC(=O)c2cc3oc(N4CCOCC4)nc3nc2N2CC3(COC3)C2)n1. The van der Waals surface area contributed by atoms with Crippen LogP contribution in [0.3, 0.4) is 0 Å². The number of rotatable bonds is 7. The molecule has 0 bridgehead atoms. The number of hydrogen-bond acceptors (Lipinski definition) is 11. The fraction of sp³-hybridized carbons (Fsp3) is 0.400. The molecule has 3 aromatic heterocycles. The van der Waals surface area contributed by atoms with Gasteiger partial charge in [-0.05, 0) is 12.1 Å². The summed E-state index contributed by atoms with van der Waals surface area (Å²) in [5.74, 6) is 0.588. The standard InChI is InChI=1S/C25H28N8O4/c1-27-11-16(10-26)18-3-2-4-20(28-18)29-23(34)17-9-19-21(31-24(37-19)32-5-7-35-8-6-32)30-22(17)33-12-25(13-33)14-36-15-25/h2-4,9-11,26-27H,5-8,12-15H2,1H3,(H,28,29,34)/b16-11+,26-10?. The molecule has 6 rings (SSSR count). The maximum absolute atomic E-state index is 13.5. The maximum Gasteiger partial charge on any atom is 0.300 e. The Morgan fingerprint density at radius 2 is 1.92 bits per heavy atom. The molecule has 0 atom stereocenters. The minimum atomic E-state index is -0.349. The molecular formula is C25H28N8O4. The highest BCUT2D eigenvalue weighted by molar-refractivity contribution is 6.10. The van der Waals surface area contributed by atoms with Gasteiger partial charge >= 0.3 is 0 Å². The van der Waals surface area contributed by atoms with Gasteiger partial charge in [-0.1, -0.05) is 6.07 Å². The molecule has 1 spiro atoms. The van der Waals surface area contributed by atoms with Crippen LogP contribution in [0.4, 0.5) is 17.7 Å².